The summed E-state index contributed by atoms with van der Waals surface area (Å²) < 4.78 is 5.71. The lowest BCUT2D eigenvalue weighted by Crippen LogP contribution is -2.18. The number of ether oxygens (including phenoxy) is 1. The fourth-order valence-corrected chi connectivity index (χ4v) is 3.24. The van der Waals surface area contributed by atoms with Gasteiger partial charge < -0.3 is 10.1 Å². The summed E-state index contributed by atoms with van der Waals surface area (Å²) in [7, 11) is 1.42. The second kappa shape index (κ2) is 9.42. The molecule has 0 bridgehead atoms. The molecule has 112 valence electrons. The van der Waals surface area contributed by atoms with Gasteiger partial charge in [-0.15, -0.1) is 11.8 Å². The average Bonchev–Trinajstić information content (AvgIpc) is 2.40. The van der Waals surface area contributed by atoms with Crippen LogP contribution in [0.4, 0.5) is 0 Å². The number of rotatable bonds is 8. The number of hydrogen-bond donors (Lipinski definition) is 1. The van der Waals surface area contributed by atoms with E-state index >= 15 is 0 Å². The van der Waals surface area contributed by atoms with Crippen LogP contribution in [-0.4, -0.2) is 25.4 Å². The molecule has 0 saturated heterocycles. The van der Waals surface area contributed by atoms with E-state index in [1.807, 2.05) is 0 Å². The van der Waals surface area contributed by atoms with Gasteiger partial charge in [0.15, 0.2) is 0 Å². The molecule has 3 nitrogen and oxygen atoms in total. The Morgan fingerprint density at radius 1 is 1.45 bits per heavy atom. The van der Waals surface area contributed by atoms with E-state index in [0.29, 0.717) is 12.3 Å². The second-order valence-corrected chi connectivity index (χ2v) is 6.96. The molecule has 1 aromatic carbocycles. The van der Waals surface area contributed by atoms with Crippen LogP contribution in [0, 0.1) is 5.92 Å². The van der Waals surface area contributed by atoms with Crippen LogP contribution in [-0.2, 0) is 16.1 Å². The van der Waals surface area contributed by atoms with Crippen LogP contribution in [0.25, 0.3) is 0 Å². The third kappa shape index (κ3) is 6.77. The van der Waals surface area contributed by atoms with Crippen molar-refractivity contribution in [2.45, 2.75) is 31.7 Å². The number of carbonyl (C=O) groups excluding carboxylic acids is 1. The van der Waals surface area contributed by atoms with Gasteiger partial charge in [0.2, 0.25) is 0 Å². The lowest BCUT2D eigenvalue weighted by molar-refractivity contribution is -0.140. The van der Waals surface area contributed by atoms with Crippen molar-refractivity contribution in [1.29, 1.82) is 0 Å². The van der Waals surface area contributed by atoms with E-state index in [4.69, 9.17) is 0 Å². The molecule has 1 N–H and O–H groups in total. The van der Waals surface area contributed by atoms with E-state index in [2.05, 4.69) is 58.0 Å². The topological polar surface area (TPSA) is 38.3 Å². The van der Waals surface area contributed by atoms with Gasteiger partial charge in [0.1, 0.15) is 0 Å². The van der Waals surface area contributed by atoms with Gasteiger partial charge in [0, 0.05) is 21.7 Å². The smallest absolute Gasteiger partial charge is 0.306 e. The molecule has 0 unspecified atom stereocenters. The third-order valence-corrected chi connectivity index (χ3v) is 4.66. The van der Waals surface area contributed by atoms with Gasteiger partial charge in [0.05, 0.1) is 13.5 Å². The largest absolute Gasteiger partial charge is 0.469 e. The number of carbonyl (C=O) groups is 1. The predicted molar refractivity (Wildman–Crippen MR) is 88.0 cm³/mol. The molecule has 20 heavy (non-hydrogen) atoms. The van der Waals surface area contributed by atoms with E-state index in [1.165, 1.54) is 12.7 Å². The molecule has 0 heterocycles. The standard InChI is InChI=1S/C15H22BrNO2S/c1-11(2)9-17-10-12-4-5-14(13(16)8-12)20-7-6-15(18)19-3/h4-5,8,11,17H,6-7,9-10H2,1-3H3. The minimum Gasteiger partial charge on any atom is -0.469 e. The molecular formula is C15H22BrNO2S. The summed E-state index contributed by atoms with van der Waals surface area (Å²) >= 11 is 5.25. The zero-order chi connectivity index (χ0) is 15.0. The van der Waals surface area contributed by atoms with E-state index in [-0.39, 0.29) is 5.97 Å². The van der Waals surface area contributed by atoms with E-state index in [9.17, 15) is 4.79 Å². The first kappa shape index (κ1) is 17.5. The molecule has 0 aliphatic rings. The molecule has 0 aliphatic carbocycles. The first-order chi connectivity index (χ1) is 9.52. The summed E-state index contributed by atoms with van der Waals surface area (Å²) in [6.07, 6.45) is 0.436. The van der Waals surface area contributed by atoms with Gasteiger partial charge >= 0.3 is 5.97 Å². The molecule has 0 radical (unpaired) electrons. The highest BCUT2D eigenvalue weighted by Crippen LogP contribution is 2.29. The number of benzene rings is 1. The molecule has 0 spiro atoms. The van der Waals surface area contributed by atoms with Crippen LogP contribution in [0.15, 0.2) is 27.6 Å². The summed E-state index contributed by atoms with van der Waals surface area (Å²) in [5, 5.41) is 3.42. The maximum Gasteiger partial charge on any atom is 0.306 e. The number of thioether (sulfide) groups is 1. The summed E-state index contributed by atoms with van der Waals surface area (Å²) in [6, 6.07) is 6.35. The van der Waals surface area contributed by atoms with E-state index in [0.717, 1.165) is 28.2 Å². The Morgan fingerprint density at radius 2 is 2.20 bits per heavy atom. The molecule has 0 aliphatic heterocycles. The summed E-state index contributed by atoms with van der Waals surface area (Å²) in [4.78, 5) is 12.2. The van der Waals surface area contributed by atoms with Crippen molar-refractivity contribution in [2.75, 3.05) is 19.4 Å². The Balaban J connectivity index is 2.44. The Kier molecular flexibility index (Phi) is 8.26. The lowest BCUT2D eigenvalue weighted by atomic mass is 10.2. The Hall–Kier alpha value is -0.520. The monoisotopic (exact) mass is 359 g/mol. The molecule has 0 amide bonds. The molecule has 1 aromatic rings. The Morgan fingerprint density at radius 3 is 2.80 bits per heavy atom. The van der Waals surface area contributed by atoms with Gasteiger partial charge in [-0.1, -0.05) is 19.9 Å². The van der Waals surface area contributed by atoms with Crippen LogP contribution >= 0.6 is 27.7 Å². The average molecular weight is 360 g/mol. The van der Waals surface area contributed by atoms with Gasteiger partial charge in [-0.2, -0.15) is 0 Å². The first-order valence-electron chi connectivity index (χ1n) is 6.71. The number of esters is 1. The van der Waals surface area contributed by atoms with Gasteiger partial charge in [-0.05, 0) is 46.1 Å². The van der Waals surface area contributed by atoms with E-state index < -0.39 is 0 Å². The van der Waals surface area contributed by atoms with Gasteiger partial charge in [-0.25, -0.2) is 0 Å². The summed E-state index contributed by atoms with van der Waals surface area (Å²) in [5.41, 5.74) is 1.26. The SMILES string of the molecule is COC(=O)CCSc1ccc(CNCC(C)C)cc1Br. The van der Waals surface area contributed by atoms with Crippen LogP contribution in [0.3, 0.4) is 0 Å². The molecule has 0 saturated carbocycles. The summed E-state index contributed by atoms with van der Waals surface area (Å²) in [5.74, 6) is 1.23. The van der Waals surface area contributed by atoms with Crippen molar-refractivity contribution in [2.24, 2.45) is 5.92 Å². The van der Waals surface area contributed by atoms with Crippen molar-refractivity contribution >= 4 is 33.7 Å². The van der Waals surface area contributed by atoms with Crippen molar-refractivity contribution < 1.29 is 9.53 Å². The third-order valence-electron chi connectivity index (χ3n) is 2.67. The molecule has 5 heteroatoms. The fraction of sp³-hybridized carbons (Fsp3) is 0.533. The quantitative estimate of drug-likeness (QED) is 0.565. The highest BCUT2D eigenvalue weighted by Gasteiger charge is 2.05. The molecule has 0 aromatic heterocycles. The first-order valence-corrected chi connectivity index (χ1v) is 8.49. The van der Waals surface area contributed by atoms with Crippen molar-refractivity contribution in [3.63, 3.8) is 0 Å². The number of hydrogen-bond acceptors (Lipinski definition) is 4. The van der Waals surface area contributed by atoms with Crippen LogP contribution in [0.2, 0.25) is 0 Å². The van der Waals surface area contributed by atoms with Gasteiger partial charge in [-0.3, -0.25) is 4.79 Å². The lowest BCUT2D eigenvalue weighted by Gasteiger charge is -2.09. The number of nitrogens with one attached hydrogen (secondary N) is 1. The van der Waals surface area contributed by atoms with Crippen LogP contribution < -0.4 is 5.32 Å². The minimum absolute atomic E-state index is 0.164. The normalized spacial score (nSPS) is 10.8. The maximum absolute atomic E-state index is 11.1. The summed E-state index contributed by atoms with van der Waals surface area (Å²) in [6.45, 7) is 6.30. The van der Waals surface area contributed by atoms with Crippen molar-refractivity contribution in [1.82, 2.24) is 5.32 Å². The number of methoxy groups -OCH3 is 1. The van der Waals surface area contributed by atoms with Crippen LogP contribution in [0.5, 0.6) is 0 Å². The van der Waals surface area contributed by atoms with E-state index in [1.54, 1.807) is 11.8 Å². The Bertz CT molecular complexity index is 438. The Labute approximate surface area is 134 Å². The van der Waals surface area contributed by atoms with Crippen molar-refractivity contribution in [3.05, 3.63) is 28.2 Å². The molecule has 0 atom stereocenters. The zero-order valence-electron chi connectivity index (χ0n) is 12.2. The predicted octanol–water partition coefficient (Wildman–Crippen LogP) is 3.85. The molecule has 1 rings (SSSR count). The number of halogens is 1. The fourth-order valence-electron chi connectivity index (χ4n) is 1.62. The molecular weight excluding hydrogens is 338 g/mol. The molecule has 0 fully saturated rings. The van der Waals surface area contributed by atoms with Crippen LogP contribution in [0.1, 0.15) is 25.8 Å². The highest BCUT2D eigenvalue weighted by molar-refractivity contribution is 9.10. The van der Waals surface area contributed by atoms with Gasteiger partial charge in [0.25, 0.3) is 0 Å². The maximum atomic E-state index is 11.1. The second-order valence-electron chi connectivity index (χ2n) is 4.96. The highest BCUT2D eigenvalue weighted by atomic mass is 79.9. The van der Waals surface area contributed by atoms with Crippen molar-refractivity contribution in [3.8, 4) is 0 Å². The zero-order valence-corrected chi connectivity index (χ0v) is 14.6. The minimum atomic E-state index is -0.164.